The van der Waals surface area contributed by atoms with Crippen LogP contribution in [0.15, 0.2) is 24.3 Å². The van der Waals surface area contributed by atoms with Gasteiger partial charge in [-0.05, 0) is 24.0 Å². The molecule has 0 spiro atoms. The summed E-state index contributed by atoms with van der Waals surface area (Å²) in [6.07, 6.45) is 2.21. The summed E-state index contributed by atoms with van der Waals surface area (Å²) in [5.41, 5.74) is 2.16. The number of carbonyl (C=O) groups excluding carboxylic acids is 1. The van der Waals surface area contributed by atoms with Gasteiger partial charge in [0.15, 0.2) is 0 Å². The zero-order chi connectivity index (χ0) is 13.0. The summed E-state index contributed by atoms with van der Waals surface area (Å²) in [5, 5.41) is 12.9. The number of aliphatic hydroxyl groups excluding tert-OH is 1. The van der Waals surface area contributed by atoms with Crippen LogP contribution in [0, 0.1) is 0 Å². The molecule has 1 amide bonds. The zero-order valence-electron chi connectivity index (χ0n) is 10.2. The maximum absolute atomic E-state index is 11.8. The van der Waals surface area contributed by atoms with E-state index < -0.39 is 6.10 Å². The van der Waals surface area contributed by atoms with E-state index in [1.54, 1.807) is 0 Å². The molecule has 2 atom stereocenters. The molecule has 3 nitrogen and oxygen atoms in total. The van der Waals surface area contributed by atoms with Crippen LogP contribution in [0.4, 0.5) is 0 Å². The van der Waals surface area contributed by atoms with Crippen LogP contribution in [-0.4, -0.2) is 23.0 Å². The summed E-state index contributed by atoms with van der Waals surface area (Å²) in [5.74, 6) is 0.572. The minimum absolute atomic E-state index is 0.0131. The fraction of sp³-hybridized carbons (Fsp3) is 0.500. The maximum Gasteiger partial charge on any atom is 0.220 e. The van der Waals surface area contributed by atoms with Gasteiger partial charge in [0.25, 0.3) is 0 Å². The van der Waals surface area contributed by atoms with Crippen molar-refractivity contribution in [2.45, 2.75) is 37.8 Å². The van der Waals surface area contributed by atoms with E-state index in [0.29, 0.717) is 18.7 Å². The number of carbonyl (C=O) groups is 1. The van der Waals surface area contributed by atoms with Gasteiger partial charge in [-0.2, -0.15) is 0 Å². The first kappa shape index (κ1) is 13.4. The normalized spacial score (nSPS) is 21.7. The van der Waals surface area contributed by atoms with Gasteiger partial charge in [0.05, 0.1) is 12.1 Å². The number of rotatable bonds is 5. The maximum atomic E-state index is 11.8. The number of benzene rings is 1. The van der Waals surface area contributed by atoms with Gasteiger partial charge in [-0.15, -0.1) is 11.6 Å². The highest BCUT2D eigenvalue weighted by molar-refractivity contribution is 6.17. The van der Waals surface area contributed by atoms with Crippen molar-refractivity contribution >= 4 is 17.5 Å². The summed E-state index contributed by atoms with van der Waals surface area (Å²) in [7, 11) is 0. The minimum atomic E-state index is -0.514. The molecule has 0 aromatic heterocycles. The van der Waals surface area contributed by atoms with Crippen LogP contribution in [0.3, 0.4) is 0 Å². The molecule has 1 aliphatic rings. The van der Waals surface area contributed by atoms with Gasteiger partial charge in [-0.1, -0.05) is 24.3 Å². The second-order valence-corrected chi connectivity index (χ2v) is 5.04. The zero-order valence-corrected chi connectivity index (χ0v) is 11.0. The van der Waals surface area contributed by atoms with Gasteiger partial charge >= 0.3 is 0 Å². The van der Waals surface area contributed by atoms with E-state index in [0.717, 1.165) is 24.0 Å². The molecule has 4 heteroatoms. The smallest absolute Gasteiger partial charge is 0.220 e. The van der Waals surface area contributed by atoms with Crippen molar-refractivity contribution in [1.82, 2.24) is 5.32 Å². The molecule has 0 heterocycles. The number of halogens is 1. The molecule has 18 heavy (non-hydrogen) atoms. The molecule has 0 bridgehead atoms. The van der Waals surface area contributed by atoms with Gasteiger partial charge in [0.1, 0.15) is 0 Å². The summed E-state index contributed by atoms with van der Waals surface area (Å²) < 4.78 is 0. The average Bonchev–Trinajstić information content (AvgIpc) is 2.67. The molecule has 0 saturated carbocycles. The standard InChI is InChI=1S/C14H18ClNO2/c15-8-4-3-7-13(18)16-14-11-6-2-1-5-10(11)9-12(14)17/h1-2,5-6,12,14,17H,3-4,7-9H2,(H,16,18)/t12-,14+/m0/s1. The van der Waals surface area contributed by atoms with Gasteiger partial charge in [0.2, 0.25) is 5.91 Å². The van der Waals surface area contributed by atoms with Crippen LogP contribution in [0.5, 0.6) is 0 Å². The topological polar surface area (TPSA) is 49.3 Å². The summed E-state index contributed by atoms with van der Waals surface area (Å²) in [6.45, 7) is 0. The number of hydrogen-bond donors (Lipinski definition) is 2. The van der Waals surface area contributed by atoms with Crippen LogP contribution in [0.1, 0.15) is 36.4 Å². The Balaban J connectivity index is 1.95. The van der Waals surface area contributed by atoms with Gasteiger partial charge in [0, 0.05) is 18.7 Å². The van der Waals surface area contributed by atoms with E-state index in [4.69, 9.17) is 11.6 Å². The molecule has 0 aliphatic heterocycles. The summed E-state index contributed by atoms with van der Waals surface area (Å²) in [6, 6.07) is 7.59. The van der Waals surface area contributed by atoms with E-state index in [9.17, 15) is 9.90 Å². The van der Waals surface area contributed by atoms with Crippen LogP contribution in [0.2, 0.25) is 0 Å². The van der Waals surface area contributed by atoms with Gasteiger partial charge < -0.3 is 10.4 Å². The molecule has 1 aromatic rings. The second-order valence-electron chi connectivity index (χ2n) is 4.66. The number of hydrogen-bond acceptors (Lipinski definition) is 2. The SMILES string of the molecule is O=C(CCCCCl)N[C@@H]1c2ccccc2C[C@@H]1O. The van der Waals surface area contributed by atoms with Gasteiger partial charge in [-0.3, -0.25) is 4.79 Å². The largest absolute Gasteiger partial charge is 0.390 e. The van der Waals surface area contributed by atoms with Crippen molar-refractivity contribution in [3.05, 3.63) is 35.4 Å². The van der Waals surface area contributed by atoms with E-state index >= 15 is 0 Å². The predicted molar refractivity (Wildman–Crippen MR) is 71.6 cm³/mol. The molecule has 0 unspecified atom stereocenters. The Morgan fingerprint density at radius 2 is 2.17 bits per heavy atom. The van der Waals surface area contributed by atoms with E-state index in [1.807, 2.05) is 24.3 Å². The van der Waals surface area contributed by atoms with Crippen molar-refractivity contribution in [3.8, 4) is 0 Å². The molecule has 2 N–H and O–H groups in total. The monoisotopic (exact) mass is 267 g/mol. The van der Waals surface area contributed by atoms with Crippen molar-refractivity contribution < 1.29 is 9.90 Å². The first-order valence-corrected chi connectivity index (χ1v) is 6.87. The lowest BCUT2D eigenvalue weighted by atomic mass is 10.1. The Hall–Kier alpha value is -1.06. The molecule has 0 radical (unpaired) electrons. The third-order valence-electron chi connectivity index (χ3n) is 3.31. The van der Waals surface area contributed by atoms with Crippen molar-refractivity contribution in [1.29, 1.82) is 0 Å². The van der Waals surface area contributed by atoms with Crippen molar-refractivity contribution in [3.63, 3.8) is 0 Å². The number of unbranched alkanes of at least 4 members (excludes halogenated alkanes) is 1. The predicted octanol–water partition coefficient (Wildman–Crippen LogP) is 2.17. The number of alkyl halides is 1. The molecule has 1 aliphatic carbocycles. The minimum Gasteiger partial charge on any atom is -0.390 e. The molecule has 98 valence electrons. The van der Waals surface area contributed by atoms with Crippen LogP contribution >= 0.6 is 11.6 Å². The fourth-order valence-electron chi connectivity index (χ4n) is 2.37. The van der Waals surface area contributed by atoms with E-state index in [-0.39, 0.29) is 11.9 Å². The molecule has 2 rings (SSSR count). The first-order chi connectivity index (χ1) is 8.72. The Morgan fingerprint density at radius 1 is 1.39 bits per heavy atom. The molecular weight excluding hydrogens is 250 g/mol. The lowest BCUT2D eigenvalue weighted by molar-refractivity contribution is -0.122. The highest BCUT2D eigenvalue weighted by Gasteiger charge is 2.31. The van der Waals surface area contributed by atoms with Crippen LogP contribution in [0.25, 0.3) is 0 Å². The molecule has 0 saturated heterocycles. The Bertz CT molecular complexity index is 422. The molecule has 1 aromatic carbocycles. The highest BCUT2D eigenvalue weighted by atomic mass is 35.5. The molecular formula is C14H18ClNO2. The number of fused-ring (bicyclic) bond motifs is 1. The lowest BCUT2D eigenvalue weighted by Gasteiger charge is -2.17. The second kappa shape index (κ2) is 6.21. The van der Waals surface area contributed by atoms with E-state index in [2.05, 4.69) is 5.32 Å². The lowest BCUT2D eigenvalue weighted by Crippen LogP contribution is -2.33. The van der Waals surface area contributed by atoms with Gasteiger partial charge in [-0.25, -0.2) is 0 Å². The Kier molecular flexibility index (Phi) is 4.61. The quantitative estimate of drug-likeness (QED) is 0.635. The Labute approximate surface area is 112 Å². The van der Waals surface area contributed by atoms with Crippen molar-refractivity contribution in [2.75, 3.05) is 5.88 Å². The van der Waals surface area contributed by atoms with Crippen molar-refractivity contribution in [2.24, 2.45) is 0 Å². The third kappa shape index (κ3) is 3.03. The number of nitrogens with one attached hydrogen (secondary N) is 1. The van der Waals surface area contributed by atoms with Crippen LogP contribution < -0.4 is 5.32 Å². The highest BCUT2D eigenvalue weighted by Crippen LogP contribution is 2.31. The van der Waals surface area contributed by atoms with Crippen LogP contribution in [-0.2, 0) is 11.2 Å². The molecule has 0 fully saturated rings. The third-order valence-corrected chi connectivity index (χ3v) is 3.58. The van der Waals surface area contributed by atoms with E-state index in [1.165, 1.54) is 0 Å². The first-order valence-electron chi connectivity index (χ1n) is 6.33. The Morgan fingerprint density at radius 3 is 2.94 bits per heavy atom. The number of amides is 1. The number of aliphatic hydroxyl groups is 1. The average molecular weight is 268 g/mol. The summed E-state index contributed by atoms with van der Waals surface area (Å²) >= 11 is 5.57. The summed E-state index contributed by atoms with van der Waals surface area (Å²) in [4.78, 5) is 11.8. The fourth-order valence-corrected chi connectivity index (χ4v) is 2.56.